The number of nitrogens with zero attached hydrogens (tertiary/aromatic N) is 2. The van der Waals surface area contributed by atoms with E-state index in [0.717, 1.165) is 5.56 Å². The van der Waals surface area contributed by atoms with Gasteiger partial charge in [0, 0.05) is 10.0 Å². The highest BCUT2D eigenvalue weighted by atomic mass is 35.5. The number of halogens is 3. The van der Waals surface area contributed by atoms with E-state index in [-0.39, 0.29) is 0 Å². The van der Waals surface area contributed by atoms with Gasteiger partial charge >= 0.3 is 0 Å². The second kappa shape index (κ2) is 8.34. The molecule has 0 spiro atoms. The van der Waals surface area contributed by atoms with Crippen LogP contribution in [0.15, 0.2) is 77.0 Å². The molecule has 0 unspecified atom stereocenters. The Morgan fingerprint density at radius 1 is 0.680 bits per heavy atom. The molecule has 3 aromatic rings. The van der Waals surface area contributed by atoms with Crippen LogP contribution in [0.25, 0.3) is 0 Å². The van der Waals surface area contributed by atoms with Crippen molar-refractivity contribution in [3.8, 4) is 5.75 Å². The predicted molar refractivity (Wildman–Crippen MR) is 103 cm³/mol. The van der Waals surface area contributed by atoms with E-state index in [9.17, 15) is 0 Å². The van der Waals surface area contributed by atoms with Crippen molar-refractivity contribution in [1.29, 1.82) is 0 Å². The Bertz CT molecular complexity index is 878. The van der Waals surface area contributed by atoms with Gasteiger partial charge in [-0.25, -0.2) is 0 Å². The Labute approximate surface area is 160 Å². The predicted octanol–water partition coefficient (Wildman–Crippen LogP) is 7.64. The molecule has 0 fully saturated rings. The van der Waals surface area contributed by atoms with E-state index >= 15 is 0 Å². The van der Waals surface area contributed by atoms with Crippen molar-refractivity contribution in [2.75, 3.05) is 0 Å². The van der Waals surface area contributed by atoms with Crippen molar-refractivity contribution < 1.29 is 4.74 Å². The van der Waals surface area contributed by atoms with Gasteiger partial charge in [0.1, 0.15) is 12.4 Å². The van der Waals surface area contributed by atoms with Crippen molar-refractivity contribution >= 4 is 46.2 Å². The summed E-state index contributed by atoms with van der Waals surface area (Å²) in [6, 6.07) is 19.8. The van der Waals surface area contributed by atoms with Crippen LogP contribution in [-0.2, 0) is 6.61 Å². The molecule has 0 radical (unpaired) electrons. The maximum absolute atomic E-state index is 6.26. The van der Waals surface area contributed by atoms with Crippen molar-refractivity contribution in [3.05, 3.63) is 87.4 Å². The highest BCUT2D eigenvalue weighted by Gasteiger charge is 2.04. The van der Waals surface area contributed by atoms with E-state index in [1.54, 1.807) is 42.5 Å². The van der Waals surface area contributed by atoms with Crippen molar-refractivity contribution in [3.63, 3.8) is 0 Å². The number of benzene rings is 3. The summed E-state index contributed by atoms with van der Waals surface area (Å²) in [7, 11) is 0. The van der Waals surface area contributed by atoms with E-state index in [1.165, 1.54) is 0 Å². The Morgan fingerprint density at radius 2 is 1.24 bits per heavy atom. The van der Waals surface area contributed by atoms with Gasteiger partial charge in [-0.2, -0.15) is 10.2 Å². The number of hydrogen-bond donors (Lipinski definition) is 0. The lowest BCUT2D eigenvalue weighted by molar-refractivity contribution is 0.306. The van der Waals surface area contributed by atoms with Crippen molar-refractivity contribution in [2.45, 2.75) is 6.61 Å². The molecule has 0 atom stereocenters. The first kappa shape index (κ1) is 17.7. The monoisotopic (exact) mass is 390 g/mol. The second-order valence-corrected chi connectivity index (χ2v) is 6.49. The molecule has 0 heterocycles. The highest BCUT2D eigenvalue weighted by molar-refractivity contribution is 6.32. The summed E-state index contributed by atoms with van der Waals surface area (Å²) in [5.74, 6) is 0.585. The van der Waals surface area contributed by atoms with Crippen LogP contribution in [-0.4, -0.2) is 0 Å². The van der Waals surface area contributed by atoms with Gasteiger partial charge < -0.3 is 4.74 Å². The van der Waals surface area contributed by atoms with Gasteiger partial charge in [-0.15, -0.1) is 0 Å². The molecular weight excluding hydrogens is 379 g/mol. The first-order chi connectivity index (χ1) is 12.1. The average Bonchev–Trinajstić information content (AvgIpc) is 2.62. The van der Waals surface area contributed by atoms with Crippen molar-refractivity contribution in [2.24, 2.45) is 10.2 Å². The third-order valence-electron chi connectivity index (χ3n) is 3.33. The number of hydrogen-bond acceptors (Lipinski definition) is 3. The van der Waals surface area contributed by atoms with Gasteiger partial charge in [-0.1, -0.05) is 46.9 Å². The molecule has 0 aliphatic carbocycles. The van der Waals surface area contributed by atoms with E-state index in [0.29, 0.717) is 38.8 Å². The van der Waals surface area contributed by atoms with Crippen LogP contribution < -0.4 is 4.74 Å². The minimum atomic E-state index is 0.405. The Balaban J connectivity index is 1.65. The quantitative estimate of drug-likeness (QED) is 0.411. The fraction of sp³-hybridized carbons (Fsp3) is 0.0526. The van der Waals surface area contributed by atoms with E-state index in [4.69, 9.17) is 39.5 Å². The molecule has 3 rings (SSSR count). The molecule has 3 aromatic carbocycles. The molecule has 3 nitrogen and oxygen atoms in total. The van der Waals surface area contributed by atoms with Gasteiger partial charge in [0.2, 0.25) is 0 Å². The van der Waals surface area contributed by atoms with E-state index < -0.39 is 0 Å². The summed E-state index contributed by atoms with van der Waals surface area (Å²) in [4.78, 5) is 0. The molecular formula is C19H13Cl3N2O. The minimum absolute atomic E-state index is 0.405. The highest BCUT2D eigenvalue weighted by Crippen LogP contribution is 2.30. The van der Waals surface area contributed by atoms with E-state index in [2.05, 4.69) is 10.2 Å². The SMILES string of the molecule is Clc1ccc(COc2ccc(N=Nc3ccc(Cl)cc3)cc2Cl)cc1. The first-order valence-electron chi connectivity index (χ1n) is 7.44. The molecule has 0 aliphatic heterocycles. The zero-order valence-electron chi connectivity index (χ0n) is 13.0. The minimum Gasteiger partial charge on any atom is -0.487 e. The summed E-state index contributed by atoms with van der Waals surface area (Å²) >= 11 is 18.0. The third-order valence-corrected chi connectivity index (χ3v) is 4.13. The number of ether oxygens (including phenoxy) is 1. The van der Waals surface area contributed by atoms with Crippen LogP contribution in [0.4, 0.5) is 11.4 Å². The third kappa shape index (κ3) is 5.20. The molecule has 0 saturated heterocycles. The topological polar surface area (TPSA) is 34.0 Å². The molecule has 126 valence electrons. The Hall–Kier alpha value is -2.07. The van der Waals surface area contributed by atoms with Crippen LogP contribution in [0.5, 0.6) is 5.75 Å². The Kier molecular flexibility index (Phi) is 5.92. The summed E-state index contributed by atoms with van der Waals surface area (Å²) in [5.41, 5.74) is 2.36. The van der Waals surface area contributed by atoms with Gasteiger partial charge in [0.25, 0.3) is 0 Å². The number of rotatable bonds is 5. The molecule has 0 aliphatic rings. The molecule has 6 heteroatoms. The second-order valence-electron chi connectivity index (χ2n) is 5.21. The summed E-state index contributed by atoms with van der Waals surface area (Å²) in [5, 5.41) is 10.1. The zero-order valence-corrected chi connectivity index (χ0v) is 15.3. The molecule has 0 amide bonds. The fourth-order valence-electron chi connectivity index (χ4n) is 2.03. The van der Waals surface area contributed by atoms with Gasteiger partial charge in [-0.3, -0.25) is 0 Å². The molecule has 25 heavy (non-hydrogen) atoms. The maximum atomic E-state index is 6.26. The van der Waals surface area contributed by atoms with Gasteiger partial charge in [0.05, 0.1) is 16.4 Å². The van der Waals surface area contributed by atoms with Crippen LogP contribution in [0.1, 0.15) is 5.56 Å². The summed E-state index contributed by atoms with van der Waals surface area (Å²) in [6.07, 6.45) is 0. The van der Waals surface area contributed by atoms with Crippen LogP contribution in [0, 0.1) is 0 Å². The average molecular weight is 392 g/mol. The normalized spacial score (nSPS) is 11.0. The lowest BCUT2D eigenvalue weighted by Crippen LogP contribution is -1.95. The maximum Gasteiger partial charge on any atom is 0.138 e. The van der Waals surface area contributed by atoms with Crippen LogP contribution in [0.3, 0.4) is 0 Å². The Morgan fingerprint density at radius 3 is 1.88 bits per heavy atom. The van der Waals surface area contributed by atoms with Crippen molar-refractivity contribution in [1.82, 2.24) is 0 Å². The summed E-state index contributed by atoms with van der Waals surface area (Å²) < 4.78 is 5.73. The van der Waals surface area contributed by atoms with Gasteiger partial charge in [0.15, 0.2) is 0 Å². The lowest BCUT2D eigenvalue weighted by atomic mass is 10.2. The smallest absolute Gasteiger partial charge is 0.138 e. The standard InChI is InChI=1S/C19H13Cl3N2O/c20-14-3-1-13(2-4-14)12-25-19-10-9-17(11-18(19)22)24-23-16-7-5-15(21)6-8-16/h1-11H,12H2. The largest absolute Gasteiger partial charge is 0.487 e. The van der Waals surface area contributed by atoms with Crippen LogP contribution in [0.2, 0.25) is 15.1 Å². The lowest BCUT2D eigenvalue weighted by Gasteiger charge is -2.08. The van der Waals surface area contributed by atoms with Gasteiger partial charge in [-0.05, 0) is 60.2 Å². The number of azo groups is 1. The first-order valence-corrected chi connectivity index (χ1v) is 8.58. The fourth-order valence-corrected chi connectivity index (χ4v) is 2.52. The van der Waals surface area contributed by atoms with Crippen LogP contribution >= 0.6 is 34.8 Å². The van der Waals surface area contributed by atoms with E-state index in [1.807, 2.05) is 24.3 Å². The molecule has 0 bridgehead atoms. The zero-order chi connectivity index (χ0) is 17.6. The molecule has 0 aromatic heterocycles. The molecule has 0 N–H and O–H groups in total. The summed E-state index contributed by atoms with van der Waals surface area (Å²) in [6.45, 7) is 0.405. The molecule has 0 saturated carbocycles.